The van der Waals surface area contributed by atoms with Gasteiger partial charge in [-0.2, -0.15) is 0 Å². The van der Waals surface area contributed by atoms with Gasteiger partial charge < -0.3 is 5.32 Å². The van der Waals surface area contributed by atoms with Crippen LogP contribution in [0.25, 0.3) is 0 Å². The van der Waals surface area contributed by atoms with E-state index in [0.717, 1.165) is 15.3 Å². The first kappa shape index (κ1) is 19.8. The molecule has 146 valence electrons. The Hall–Kier alpha value is -3.00. The van der Waals surface area contributed by atoms with E-state index >= 15 is 0 Å². The molecule has 1 fully saturated rings. The van der Waals surface area contributed by atoms with Gasteiger partial charge in [-0.25, -0.2) is 9.69 Å². The van der Waals surface area contributed by atoms with Gasteiger partial charge in [-0.1, -0.05) is 45.0 Å². The Morgan fingerprint density at radius 1 is 1.00 bits per heavy atom. The number of carbonyl (C=O) groups is 4. The fourth-order valence-corrected chi connectivity index (χ4v) is 3.66. The molecule has 1 aromatic carbocycles. The van der Waals surface area contributed by atoms with Crippen LogP contribution in [0.3, 0.4) is 0 Å². The van der Waals surface area contributed by atoms with E-state index in [2.05, 4.69) is 5.32 Å². The molecule has 28 heavy (non-hydrogen) atoms. The highest BCUT2D eigenvalue weighted by Gasteiger charge is 2.45. The van der Waals surface area contributed by atoms with Crippen molar-refractivity contribution in [1.82, 2.24) is 9.80 Å². The summed E-state index contributed by atoms with van der Waals surface area (Å²) in [6.45, 7) is 5.57. The van der Waals surface area contributed by atoms with Crippen LogP contribution in [0.1, 0.15) is 31.2 Å². The molecule has 8 heteroatoms. The van der Waals surface area contributed by atoms with Crippen LogP contribution in [-0.2, 0) is 26.3 Å². The van der Waals surface area contributed by atoms with Crippen molar-refractivity contribution < 1.29 is 19.2 Å². The van der Waals surface area contributed by atoms with Gasteiger partial charge >= 0.3 is 17.8 Å². The summed E-state index contributed by atoms with van der Waals surface area (Å²) in [5.74, 6) is -2.44. The number of hydrogen-bond donors (Lipinski definition) is 1. The minimum absolute atomic E-state index is 0.0199. The highest BCUT2D eigenvalue weighted by Crippen LogP contribution is 2.29. The van der Waals surface area contributed by atoms with E-state index in [1.807, 2.05) is 38.3 Å². The van der Waals surface area contributed by atoms with Crippen LogP contribution in [0, 0.1) is 0 Å². The molecule has 1 saturated heterocycles. The molecule has 0 saturated carbocycles. The van der Waals surface area contributed by atoms with E-state index in [-0.39, 0.29) is 12.0 Å². The van der Waals surface area contributed by atoms with Gasteiger partial charge in [0.25, 0.3) is 0 Å². The predicted octanol–water partition coefficient (Wildman–Crippen LogP) is 2.98. The zero-order valence-corrected chi connectivity index (χ0v) is 16.7. The minimum Gasteiger partial charge on any atom is -0.324 e. The number of anilines is 1. The standard InChI is InChI=1S/C20H21N3O4S/c1-20(2,3)14-8-4-5-9-15(14)21-16(24)12-23-18(26)17(25)22(19(23)27)11-13-7-6-10-28-13/h4-10H,11-12H2,1-3H3,(H,21,24). The largest absolute Gasteiger partial charge is 0.335 e. The molecule has 1 aromatic heterocycles. The summed E-state index contributed by atoms with van der Waals surface area (Å²) in [4.78, 5) is 51.7. The van der Waals surface area contributed by atoms with Crippen molar-refractivity contribution in [3.63, 3.8) is 0 Å². The molecule has 0 aliphatic carbocycles. The van der Waals surface area contributed by atoms with Crippen LogP contribution in [0.2, 0.25) is 0 Å². The van der Waals surface area contributed by atoms with Crippen molar-refractivity contribution in [2.75, 3.05) is 11.9 Å². The molecule has 1 N–H and O–H groups in total. The number of thiophene rings is 1. The van der Waals surface area contributed by atoms with E-state index < -0.39 is 30.3 Å². The Bertz CT molecular complexity index is 931. The highest BCUT2D eigenvalue weighted by atomic mass is 32.1. The number of rotatable bonds is 5. The third kappa shape index (κ3) is 3.96. The number of hydrogen-bond acceptors (Lipinski definition) is 5. The second-order valence-electron chi connectivity index (χ2n) is 7.49. The second-order valence-corrected chi connectivity index (χ2v) is 8.52. The van der Waals surface area contributed by atoms with Crippen LogP contribution in [-0.4, -0.2) is 40.1 Å². The monoisotopic (exact) mass is 399 g/mol. The van der Waals surface area contributed by atoms with Crippen LogP contribution in [0.5, 0.6) is 0 Å². The molecular formula is C20H21N3O4S. The Balaban J connectivity index is 1.72. The summed E-state index contributed by atoms with van der Waals surface area (Å²) in [6.07, 6.45) is 0. The summed E-state index contributed by atoms with van der Waals surface area (Å²) >= 11 is 1.38. The Morgan fingerprint density at radius 2 is 1.68 bits per heavy atom. The Kier molecular flexibility index (Phi) is 5.33. The molecule has 0 radical (unpaired) electrons. The molecule has 0 spiro atoms. The fraction of sp³-hybridized carbons (Fsp3) is 0.300. The van der Waals surface area contributed by atoms with Crippen LogP contribution in [0.4, 0.5) is 10.5 Å². The number of para-hydroxylation sites is 1. The van der Waals surface area contributed by atoms with Gasteiger partial charge in [0.2, 0.25) is 5.91 Å². The van der Waals surface area contributed by atoms with E-state index in [1.165, 1.54) is 11.3 Å². The van der Waals surface area contributed by atoms with Gasteiger partial charge in [-0.15, -0.1) is 11.3 Å². The average Bonchev–Trinajstić information content (AvgIpc) is 3.21. The predicted molar refractivity (Wildman–Crippen MR) is 106 cm³/mol. The van der Waals surface area contributed by atoms with Gasteiger partial charge in [0.05, 0.1) is 6.54 Å². The molecule has 2 aromatic rings. The van der Waals surface area contributed by atoms with Gasteiger partial charge in [0, 0.05) is 10.6 Å². The SMILES string of the molecule is CC(C)(C)c1ccccc1NC(=O)CN1C(=O)C(=O)N(Cc2cccs2)C1=O. The zero-order valence-electron chi connectivity index (χ0n) is 15.9. The Labute approximate surface area is 166 Å². The topological polar surface area (TPSA) is 86.8 Å². The molecule has 0 bridgehead atoms. The summed E-state index contributed by atoms with van der Waals surface area (Å²) < 4.78 is 0. The molecule has 1 aliphatic heterocycles. The van der Waals surface area contributed by atoms with Gasteiger partial charge in [-0.3, -0.25) is 19.3 Å². The molecule has 0 atom stereocenters. The van der Waals surface area contributed by atoms with Crippen LogP contribution >= 0.6 is 11.3 Å². The molecule has 0 unspecified atom stereocenters. The number of nitrogens with one attached hydrogen (secondary N) is 1. The van der Waals surface area contributed by atoms with E-state index in [1.54, 1.807) is 24.3 Å². The molecule has 7 nitrogen and oxygen atoms in total. The maximum absolute atomic E-state index is 12.5. The minimum atomic E-state index is -0.985. The van der Waals surface area contributed by atoms with Gasteiger partial charge in [-0.05, 0) is 28.5 Å². The van der Waals surface area contributed by atoms with Crippen LogP contribution in [0.15, 0.2) is 41.8 Å². The lowest BCUT2D eigenvalue weighted by Gasteiger charge is -2.23. The maximum Gasteiger partial charge on any atom is 0.335 e. The first-order valence-corrected chi connectivity index (χ1v) is 9.65. The van der Waals surface area contributed by atoms with E-state index in [4.69, 9.17) is 0 Å². The second kappa shape index (κ2) is 7.55. The number of imide groups is 2. The highest BCUT2D eigenvalue weighted by molar-refractivity contribution is 7.09. The zero-order chi connectivity index (χ0) is 20.5. The summed E-state index contributed by atoms with van der Waals surface area (Å²) in [7, 11) is 0. The smallest absolute Gasteiger partial charge is 0.324 e. The average molecular weight is 399 g/mol. The van der Waals surface area contributed by atoms with E-state index in [9.17, 15) is 19.2 Å². The molecule has 2 heterocycles. The maximum atomic E-state index is 12.5. The third-order valence-corrected chi connectivity index (χ3v) is 5.20. The van der Waals surface area contributed by atoms with Crippen LogP contribution < -0.4 is 5.32 Å². The van der Waals surface area contributed by atoms with E-state index in [0.29, 0.717) is 10.6 Å². The lowest BCUT2D eigenvalue weighted by atomic mass is 9.86. The molecule has 3 rings (SSSR count). The normalized spacial score (nSPS) is 14.8. The van der Waals surface area contributed by atoms with Gasteiger partial charge in [0.15, 0.2) is 0 Å². The van der Waals surface area contributed by atoms with Crippen molar-refractivity contribution in [3.05, 3.63) is 52.2 Å². The van der Waals surface area contributed by atoms with Crippen molar-refractivity contribution in [2.45, 2.75) is 32.7 Å². The molecular weight excluding hydrogens is 378 g/mol. The third-order valence-electron chi connectivity index (χ3n) is 4.34. The molecule has 5 amide bonds. The Morgan fingerprint density at radius 3 is 2.32 bits per heavy atom. The fourth-order valence-electron chi connectivity index (χ4n) is 2.97. The number of carbonyl (C=O) groups excluding carboxylic acids is 4. The van der Waals surface area contributed by atoms with Crippen molar-refractivity contribution in [3.8, 4) is 0 Å². The number of amides is 5. The van der Waals surface area contributed by atoms with Crippen molar-refractivity contribution in [1.29, 1.82) is 0 Å². The van der Waals surface area contributed by atoms with Crippen molar-refractivity contribution in [2.24, 2.45) is 0 Å². The first-order chi connectivity index (χ1) is 13.2. The summed E-state index contributed by atoms with van der Waals surface area (Å²) in [6, 6.07) is 10.1. The van der Waals surface area contributed by atoms with Gasteiger partial charge in [0.1, 0.15) is 6.54 Å². The quantitative estimate of drug-likeness (QED) is 0.619. The number of urea groups is 1. The number of nitrogens with zero attached hydrogens (tertiary/aromatic N) is 2. The lowest BCUT2D eigenvalue weighted by Crippen LogP contribution is -2.39. The summed E-state index contributed by atoms with van der Waals surface area (Å²) in [5.41, 5.74) is 1.34. The number of benzene rings is 1. The van der Waals surface area contributed by atoms with Crippen molar-refractivity contribution >= 4 is 40.8 Å². The summed E-state index contributed by atoms with van der Waals surface area (Å²) in [5, 5.41) is 4.57. The molecule has 1 aliphatic rings. The first-order valence-electron chi connectivity index (χ1n) is 8.77. The lowest BCUT2D eigenvalue weighted by molar-refractivity contribution is -0.143.